The van der Waals surface area contributed by atoms with Crippen molar-refractivity contribution in [3.63, 3.8) is 0 Å². The lowest BCUT2D eigenvalue weighted by molar-refractivity contribution is 0.318. The van der Waals surface area contributed by atoms with E-state index in [0.717, 1.165) is 24.0 Å². The lowest BCUT2D eigenvalue weighted by Crippen LogP contribution is -2.40. The average molecular weight is 495 g/mol. The van der Waals surface area contributed by atoms with Crippen LogP contribution in [0.4, 0.5) is 0 Å². The van der Waals surface area contributed by atoms with E-state index in [1.54, 1.807) is 4.57 Å². The van der Waals surface area contributed by atoms with Gasteiger partial charge in [0.25, 0.3) is 5.56 Å². The van der Waals surface area contributed by atoms with Gasteiger partial charge in [-0.25, -0.2) is 9.78 Å². The van der Waals surface area contributed by atoms with Crippen molar-refractivity contribution in [1.29, 1.82) is 0 Å². The zero-order valence-corrected chi connectivity index (χ0v) is 21.0. The molecule has 0 fully saturated rings. The van der Waals surface area contributed by atoms with Crippen LogP contribution in [0.5, 0.6) is 5.75 Å². The Kier molecular flexibility index (Phi) is 8.08. The molecule has 0 radical (unpaired) electrons. The fraction of sp³-hybridized carbons (Fsp3) is 0.370. The summed E-state index contributed by atoms with van der Waals surface area (Å²) in [6, 6.07) is 17.6. The van der Waals surface area contributed by atoms with Gasteiger partial charge in [-0.05, 0) is 37.0 Å². The first kappa shape index (κ1) is 24.8. The van der Waals surface area contributed by atoms with Gasteiger partial charge < -0.3 is 9.30 Å². The second-order valence-electron chi connectivity index (χ2n) is 8.49. The molecule has 0 atom stereocenters. The number of alkyl halides is 1. The summed E-state index contributed by atoms with van der Waals surface area (Å²) in [6.45, 7) is 5.80. The molecule has 0 bridgehead atoms. The molecule has 0 saturated heterocycles. The minimum Gasteiger partial charge on any atom is -0.494 e. The highest BCUT2D eigenvalue weighted by Gasteiger charge is 2.22. The monoisotopic (exact) mass is 494 g/mol. The van der Waals surface area contributed by atoms with Crippen molar-refractivity contribution in [3.05, 3.63) is 81.0 Å². The van der Waals surface area contributed by atoms with Crippen LogP contribution in [-0.2, 0) is 19.6 Å². The Labute approximate surface area is 209 Å². The van der Waals surface area contributed by atoms with Crippen molar-refractivity contribution in [1.82, 2.24) is 18.7 Å². The number of nitrogens with zero attached hydrogens (tertiary/aromatic N) is 4. The molecule has 2 heterocycles. The van der Waals surface area contributed by atoms with Gasteiger partial charge in [0.05, 0.1) is 6.61 Å². The maximum absolute atomic E-state index is 13.6. The normalized spacial score (nSPS) is 11.3. The predicted octanol–water partition coefficient (Wildman–Crippen LogP) is 4.90. The maximum atomic E-state index is 13.6. The van der Waals surface area contributed by atoms with Crippen molar-refractivity contribution >= 4 is 22.8 Å². The summed E-state index contributed by atoms with van der Waals surface area (Å²) in [5.74, 6) is 1.87. The molecule has 0 N–H and O–H groups in total. The van der Waals surface area contributed by atoms with E-state index in [-0.39, 0.29) is 11.2 Å². The van der Waals surface area contributed by atoms with Crippen LogP contribution in [0.25, 0.3) is 22.6 Å². The van der Waals surface area contributed by atoms with Gasteiger partial charge in [-0.1, -0.05) is 56.3 Å². The number of benzene rings is 2. The van der Waals surface area contributed by atoms with E-state index in [1.165, 1.54) is 4.57 Å². The first-order chi connectivity index (χ1) is 17.1. The molecule has 184 valence electrons. The molecule has 4 rings (SSSR count). The number of aryl methyl sites for hydroxylation is 1. The van der Waals surface area contributed by atoms with Gasteiger partial charge >= 0.3 is 5.69 Å². The molecular weight excluding hydrogens is 464 g/mol. The number of imidazole rings is 1. The topological polar surface area (TPSA) is 71.1 Å². The SMILES string of the molecule is CCCn1c(=O)c2c(nc(-c3cccc(OCCCCl)c3)n2Cc2ccccc2)n(CCC)c1=O. The van der Waals surface area contributed by atoms with Gasteiger partial charge in [0.15, 0.2) is 11.2 Å². The van der Waals surface area contributed by atoms with E-state index in [9.17, 15) is 9.59 Å². The second-order valence-corrected chi connectivity index (χ2v) is 8.87. The Morgan fingerprint density at radius 3 is 2.37 bits per heavy atom. The molecule has 2 aromatic carbocycles. The molecular formula is C27H31ClN4O3. The molecule has 0 aliphatic carbocycles. The number of fused-ring (bicyclic) bond motifs is 1. The molecule has 4 aromatic rings. The van der Waals surface area contributed by atoms with E-state index in [4.69, 9.17) is 21.3 Å². The molecule has 0 spiro atoms. The Morgan fingerprint density at radius 2 is 1.66 bits per heavy atom. The molecule has 8 heteroatoms. The quantitative estimate of drug-likeness (QED) is 0.219. The molecule has 0 unspecified atom stereocenters. The Morgan fingerprint density at radius 1 is 0.914 bits per heavy atom. The average Bonchev–Trinajstić information content (AvgIpc) is 3.24. The van der Waals surface area contributed by atoms with Gasteiger partial charge in [-0.2, -0.15) is 0 Å². The van der Waals surface area contributed by atoms with Crippen molar-refractivity contribution < 1.29 is 4.74 Å². The Balaban J connectivity index is 1.98. The zero-order chi connectivity index (χ0) is 24.8. The van der Waals surface area contributed by atoms with Crippen LogP contribution in [0.2, 0.25) is 0 Å². The molecule has 0 saturated carbocycles. The van der Waals surface area contributed by atoms with Gasteiger partial charge in [0.2, 0.25) is 0 Å². The van der Waals surface area contributed by atoms with E-state index in [1.807, 2.05) is 73.0 Å². The number of hydrogen-bond donors (Lipinski definition) is 0. The third-order valence-electron chi connectivity index (χ3n) is 5.83. The fourth-order valence-corrected chi connectivity index (χ4v) is 4.36. The zero-order valence-electron chi connectivity index (χ0n) is 20.2. The minimum absolute atomic E-state index is 0.302. The molecule has 2 aromatic heterocycles. The highest BCUT2D eigenvalue weighted by molar-refractivity contribution is 6.17. The van der Waals surface area contributed by atoms with Crippen molar-refractivity contribution in [2.45, 2.75) is 52.7 Å². The summed E-state index contributed by atoms with van der Waals surface area (Å²) in [4.78, 5) is 31.8. The molecule has 35 heavy (non-hydrogen) atoms. The molecule has 0 amide bonds. The third kappa shape index (κ3) is 5.20. The molecule has 0 aliphatic heterocycles. The van der Waals surface area contributed by atoms with Crippen LogP contribution in [0.1, 0.15) is 38.7 Å². The number of rotatable bonds is 11. The lowest BCUT2D eigenvalue weighted by atomic mass is 10.2. The molecule has 0 aliphatic rings. The molecule has 7 nitrogen and oxygen atoms in total. The number of hydrogen-bond acceptors (Lipinski definition) is 4. The summed E-state index contributed by atoms with van der Waals surface area (Å²) in [5, 5.41) is 0. The van der Waals surface area contributed by atoms with Crippen LogP contribution >= 0.6 is 11.6 Å². The summed E-state index contributed by atoms with van der Waals surface area (Å²) >= 11 is 5.79. The number of ether oxygens (including phenoxy) is 1. The standard InChI is InChI=1S/C27H31ClN4O3/c1-3-15-30-25-23(26(33)31(16-4-2)27(30)34)32(19-20-10-6-5-7-11-20)24(29-25)21-12-8-13-22(18-21)35-17-9-14-28/h5-8,10-13,18H,3-4,9,14-17,19H2,1-2H3. The summed E-state index contributed by atoms with van der Waals surface area (Å²) in [6.07, 6.45) is 2.19. The van der Waals surface area contributed by atoms with Crippen molar-refractivity contribution in [3.8, 4) is 17.1 Å². The first-order valence-corrected chi connectivity index (χ1v) is 12.7. The number of aromatic nitrogens is 4. The minimum atomic E-state index is -0.305. The van der Waals surface area contributed by atoms with Gasteiger partial charge in [-0.15, -0.1) is 11.6 Å². The van der Waals surface area contributed by atoms with E-state index in [2.05, 4.69) is 0 Å². The van der Waals surface area contributed by atoms with Crippen LogP contribution in [0.15, 0.2) is 64.2 Å². The van der Waals surface area contributed by atoms with E-state index in [0.29, 0.717) is 61.3 Å². The van der Waals surface area contributed by atoms with Crippen LogP contribution < -0.4 is 16.0 Å². The van der Waals surface area contributed by atoms with E-state index < -0.39 is 0 Å². The Bertz CT molecular complexity index is 1410. The Hall–Kier alpha value is -3.32. The van der Waals surface area contributed by atoms with Gasteiger partial charge in [0.1, 0.15) is 11.6 Å². The number of halogens is 1. The maximum Gasteiger partial charge on any atom is 0.332 e. The van der Waals surface area contributed by atoms with Crippen LogP contribution in [0, 0.1) is 0 Å². The van der Waals surface area contributed by atoms with Crippen LogP contribution in [0.3, 0.4) is 0 Å². The fourth-order valence-electron chi connectivity index (χ4n) is 4.25. The highest BCUT2D eigenvalue weighted by atomic mass is 35.5. The first-order valence-electron chi connectivity index (χ1n) is 12.2. The van der Waals surface area contributed by atoms with Gasteiger partial charge in [0, 0.05) is 31.1 Å². The highest BCUT2D eigenvalue weighted by Crippen LogP contribution is 2.27. The third-order valence-corrected chi connectivity index (χ3v) is 6.10. The summed E-state index contributed by atoms with van der Waals surface area (Å²) in [7, 11) is 0. The lowest BCUT2D eigenvalue weighted by Gasteiger charge is -2.13. The second kappa shape index (κ2) is 11.4. The predicted molar refractivity (Wildman–Crippen MR) is 141 cm³/mol. The van der Waals surface area contributed by atoms with Crippen LogP contribution in [-0.4, -0.2) is 31.2 Å². The van der Waals surface area contributed by atoms with Crippen molar-refractivity contribution in [2.75, 3.05) is 12.5 Å². The van der Waals surface area contributed by atoms with E-state index >= 15 is 0 Å². The largest absolute Gasteiger partial charge is 0.494 e. The van der Waals surface area contributed by atoms with Gasteiger partial charge in [-0.3, -0.25) is 13.9 Å². The smallest absolute Gasteiger partial charge is 0.332 e. The summed E-state index contributed by atoms with van der Waals surface area (Å²) < 4.78 is 10.8. The summed E-state index contributed by atoms with van der Waals surface area (Å²) in [5.41, 5.74) is 2.12. The van der Waals surface area contributed by atoms with Crippen molar-refractivity contribution in [2.24, 2.45) is 0 Å².